The first-order valence-corrected chi connectivity index (χ1v) is 11.8. The van der Waals surface area contributed by atoms with E-state index in [1.807, 2.05) is 0 Å². The third kappa shape index (κ3) is 3.76. The van der Waals surface area contributed by atoms with Crippen LogP contribution in [0.3, 0.4) is 0 Å². The lowest BCUT2D eigenvalue weighted by molar-refractivity contribution is -0.144. The minimum absolute atomic E-state index is 0.178. The number of carbonyl (C=O) groups is 1. The van der Waals surface area contributed by atoms with Gasteiger partial charge in [0.05, 0.1) is 0 Å². The Morgan fingerprint density at radius 3 is 2.68 bits per heavy atom. The van der Waals surface area contributed by atoms with Crippen molar-refractivity contribution in [2.45, 2.75) is 44.4 Å². The average Bonchev–Trinajstić information content (AvgIpc) is 2.91. The summed E-state index contributed by atoms with van der Waals surface area (Å²) in [5.74, 6) is -0.113. The molecule has 1 atom stereocenters. The first kappa shape index (κ1) is 17.6. The van der Waals surface area contributed by atoms with Crippen molar-refractivity contribution in [2.75, 3.05) is 20.2 Å². The molecule has 2 rings (SSSR count). The van der Waals surface area contributed by atoms with E-state index in [-0.39, 0.29) is 18.5 Å². The Hall–Kier alpha value is -0.773. The molecule has 9 heteroatoms. The molecule has 124 valence electrons. The van der Waals surface area contributed by atoms with Crippen molar-refractivity contribution in [1.29, 1.82) is 0 Å². The maximum Gasteiger partial charge on any atom is 0.262 e. The van der Waals surface area contributed by atoms with Gasteiger partial charge in [0.25, 0.3) is 5.91 Å². The van der Waals surface area contributed by atoms with Gasteiger partial charge < -0.3 is 14.7 Å². The standard InChI is InChI=1S/C13H23BrN4O3Si/c1-17-6-5-13(20,11(17)19)10-15-12(14)16-18(10)9-21-7-8-22(2,3)4/h20H,5-9H2,1-4H3. The van der Waals surface area contributed by atoms with Crippen molar-refractivity contribution in [3.63, 3.8) is 0 Å². The van der Waals surface area contributed by atoms with Crippen molar-refractivity contribution >= 4 is 29.9 Å². The summed E-state index contributed by atoms with van der Waals surface area (Å²) in [6, 6.07) is 1.05. The quantitative estimate of drug-likeness (QED) is 0.586. The number of hydrogen-bond acceptors (Lipinski definition) is 5. The van der Waals surface area contributed by atoms with Crippen LogP contribution < -0.4 is 0 Å². The predicted octanol–water partition coefficient (Wildman–Crippen LogP) is 1.40. The maximum atomic E-state index is 12.2. The molecule has 0 radical (unpaired) electrons. The molecule has 0 spiro atoms. The number of nitrogens with zero attached hydrogens (tertiary/aromatic N) is 4. The van der Waals surface area contributed by atoms with Crippen LogP contribution in [0.25, 0.3) is 0 Å². The van der Waals surface area contributed by atoms with E-state index in [0.29, 0.717) is 24.3 Å². The summed E-state index contributed by atoms with van der Waals surface area (Å²) in [6.07, 6.45) is 0.308. The molecule has 1 aromatic heterocycles. The van der Waals surface area contributed by atoms with Crippen molar-refractivity contribution in [3.05, 3.63) is 10.6 Å². The molecule has 0 aliphatic carbocycles. The SMILES string of the molecule is CN1CCC(O)(c2nc(Br)nn2COCC[Si](C)(C)C)C1=O. The van der Waals surface area contributed by atoms with Gasteiger partial charge in [0.15, 0.2) is 5.82 Å². The highest BCUT2D eigenvalue weighted by Crippen LogP contribution is 2.32. The summed E-state index contributed by atoms with van der Waals surface area (Å²) in [4.78, 5) is 17.9. The second-order valence-electron chi connectivity index (χ2n) is 6.89. The molecule has 1 fully saturated rings. The Balaban J connectivity index is 2.09. The summed E-state index contributed by atoms with van der Waals surface area (Å²) in [6.45, 7) is 8.16. The van der Waals surface area contributed by atoms with Gasteiger partial charge in [0.2, 0.25) is 10.3 Å². The van der Waals surface area contributed by atoms with Crippen molar-refractivity contribution in [1.82, 2.24) is 19.7 Å². The van der Waals surface area contributed by atoms with Gasteiger partial charge in [0.1, 0.15) is 6.73 Å². The molecule has 1 unspecified atom stereocenters. The number of amides is 1. The van der Waals surface area contributed by atoms with Gasteiger partial charge >= 0.3 is 0 Å². The van der Waals surface area contributed by atoms with Gasteiger partial charge in [-0.15, -0.1) is 5.10 Å². The van der Waals surface area contributed by atoms with E-state index in [9.17, 15) is 9.90 Å². The molecule has 2 heterocycles. The van der Waals surface area contributed by atoms with Crippen LogP contribution in [0.1, 0.15) is 12.2 Å². The van der Waals surface area contributed by atoms with E-state index in [1.54, 1.807) is 7.05 Å². The molecule has 1 amide bonds. The van der Waals surface area contributed by atoms with Crippen LogP contribution in [0.15, 0.2) is 4.73 Å². The third-order valence-electron chi connectivity index (χ3n) is 3.74. The summed E-state index contributed by atoms with van der Waals surface area (Å²) in [5.41, 5.74) is -1.62. The number of aliphatic hydroxyl groups is 1. The molecule has 0 aromatic carbocycles. The number of rotatable bonds is 6. The van der Waals surface area contributed by atoms with Gasteiger partial charge in [-0.3, -0.25) is 4.79 Å². The van der Waals surface area contributed by atoms with E-state index in [1.165, 1.54) is 9.58 Å². The van der Waals surface area contributed by atoms with Crippen LogP contribution in [-0.4, -0.2) is 59.0 Å². The first-order chi connectivity index (χ1) is 10.1. The Kier molecular flexibility index (Phi) is 5.10. The Morgan fingerprint density at radius 2 is 2.14 bits per heavy atom. The van der Waals surface area contributed by atoms with Gasteiger partial charge in [-0.05, 0) is 22.0 Å². The summed E-state index contributed by atoms with van der Waals surface area (Å²) >= 11 is 3.20. The van der Waals surface area contributed by atoms with Gasteiger partial charge in [0, 0.05) is 34.7 Å². The normalized spacial score (nSPS) is 22.6. The fourth-order valence-electron chi connectivity index (χ4n) is 2.30. The smallest absolute Gasteiger partial charge is 0.262 e. The van der Waals surface area contributed by atoms with Gasteiger partial charge in [-0.25, -0.2) is 9.67 Å². The Labute approximate surface area is 139 Å². The molecule has 22 heavy (non-hydrogen) atoms. The van der Waals surface area contributed by atoms with Crippen LogP contribution in [0.5, 0.6) is 0 Å². The largest absolute Gasteiger partial charge is 0.373 e. The van der Waals surface area contributed by atoms with E-state index in [4.69, 9.17) is 4.74 Å². The van der Waals surface area contributed by atoms with Crippen LogP contribution in [0.2, 0.25) is 25.7 Å². The Morgan fingerprint density at radius 1 is 1.45 bits per heavy atom. The minimum atomic E-state index is -1.62. The van der Waals surface area contributed by atoms with Crippen molar-refractivity contribution in [2.24, 2.45) is 0 Å². The number of aromatic nitrogens is 3. The second kappa shape index (κ2) is 6.38. The average molecular weight is 391 g/mol. The fraction of sp³-hybridized carbons (Fsp3) is 0.769. The lowest BCUT2D eigenvalue weighted by atomic mass is 10.0. The Bertz CT molecular complexity index is 560. The number of ether oxygens (including phenoxy) is 1. The highest BCUT2D eigenvalue weighted by molar-refractivity contribution is 9.10. The highest BCUT2D eigenvalue weighted by atomic mass is 79.9. The lowest BCUT2D eigenvalue weighted by Gasteiger charge is -2.21. The molecule has 0 bridgehead atoms. The molecule has 1 N–H and O–H groups in total. The van der Waals surface area contributed by atoms with Crippen LogP contribution in [0.4, 0.5) is 0 Å². The summed E-state index contributed by atoms with van der Waals surface area (Å²) in [7, 11) is 0.513. The molecular weight excluding hydrogens is 368 g/mol. The van der Waals surface area contributed by atoms with Crippen LogP contribution in [-0.2, 0) is 21.9 Å². The van der Waals surface area contributed by atoms with E-state index in [0.717, 1.165) is 6.04 Å². The topological polar surface area (TPSA) is 80.5 Å². The van der Waals surface area contributed by atoms with Gasteiger partial charge in [-0.1, -0.05) is 19.6 Å². The monoisotopic (exact) mass is 390 g/mol. The van der Waals surface area contributed by atoms with Crippen molar-refractivity contribution < 1.29 is 14.6 Å². The first-order valence-electron chi connectivity index (χ1n) is 7.30. The van der Waals surface area contributed by atoms with E-state index in [2.05, 4.69) is 45.7 Å². The lowest BCUT2D eigenvalue weighted by Crippen LogP contribution is -2.39. The van der Waals surface area contributed by atoms with Crippen LogP contribution in [0, 0.1) is 0 Å². The number of hydrogen-bond donors (Lipinski definition) is 1. The van der Waals surface area contributed by atoms with Gasteiger partial charge in [-0.2, -0.15) is 0 Å². The number of carbonyl (C=O) groups excluding carboxylic acids is 1. The highest BCUT2D eigenvalue weighted by Gasteiger charge is 2.49. The molecule has 1 aliphatic rings. The maximum absolute atomic E-state index is 12.2. The number of likely N-dealkylation sites (tertiary alicyclic amines) is 1. The molecule has 7 nitrogen and oxygen atoms in total. The summed E-state index contributed by atoms with van der Waals surface area (Å²) in [5, 5.41) is 14.9. The van der Waals surface area contributed by atoms with Crippen molar-refractivity contribution in [3.8, 4) is 0 Å². The fourth-order valence-corrected chi connectivity index (χ4v) is 3.42. The predicted molar refractivity (Wildman–Crippen MR) is 88.0 cm³/mol. The number of halogens is 1. The molecular formula is C13H23BrN4O3Si. The molecule has 1 aromatic rings. The summed E-state index contributed by atoms with van der Waals surface area (Å²) < 4.78 is 7.46. The molecule has 1 saturated heterocycles. The molecule has 1 aliphatic heterocycles. The zero-order valence-corrected chi connectivity index (χ0v) is 16.1. The van der Waals surface area contributed by atoms with Crippen LogP contribution >= 0.6 is 15.9 Å². The van der Waals surface area contributed by atoms with E-state index >= 15 is 0 Å². The second-order valence-corrected chi connectivity index (χ2v) is 13.2. The van der Waals surface area contributed by atoms with E-state index < -0.39 is 13.7 Å². The number of likely N-dealkylation sites (N-methyl/N-ethyl adjacent to an activating group) is 1. The third-order valence-corrected chi connectivity index (χ3v) is 5.78. The zero-order chi connectivity index (χ0) is 16.5. The zero-order valence-electron chi connectivity index (χ0n) is 13.5. The molecule has 0 saturated carbocycles. The minimum Gasteiger partial charge on any atom is -0.373 e.